The number of fused-ring (bicyclic) bond motifs is 5. The maximum atomic E-state index is 13.3. The highest BCUT2D eigenvalue weighted by atomic mass is 16.7. The summed E-state index contributed by atoms with van der Waals surface area (Å²) in [4.78, 5) is 15.7. The van der Waals surface area contributed by atoms with Gasteiger partial charge in [0.1, 0.15) is 0 Å². The van der Waals surface area contributed by atoms with Gasteiger partial charge in [0.05, 0.1) is 6.04 Å². The first kappa shape index (κ1) is 19.2. The molecule has 3 heterocycles. The van der Waals surface area contributed by atoms with Crippen molar-refractivity contribution in [1.82, 2.24) is 4.90 Å². The van der Waals surface area contributed by atoms with E-state index < -0.39 is 0 Å². The molecule has 0 aromatic heterocycles. The molecule has 3 aromatic carbocycles. The zero-order valence-corrected chi connectivity index (χ0v) is 18.4. The lowest BCUT2D eigenvalue weighted by Gasteiger charge is -2.43. The van der Waals surface area contributed by atoms with Gasteiger partial charge in [-0.3, -0.25) is 4.79 Å². The van der Waals surface area contributed by atoms with Crippen molar-refractivity contribution in [1.29, 1.82) is 0 Å². The van der Waals surface area contributed by atoms with Gasteiger partial charge < -0.3 is 14.4 Å². The van der Waals surface area contributed by atoms with Crippen molar-refractivity contribution in [3.8, 4) is 11.5 Å². The minimum Gasteiger partial charge on any atom is -0.454 e. The Labute approximate surface area is 188 Å². The minimum absolute atomic E-state index is 0.0104. The second-order valence-corrected chi connectivity index (χ2v) is 8.86. The van der Waals surface area contributed by atoms with Crippen LogP contribution in [0.1, 0.15) is 56.2 Å². The van der Waals surface area contributed by atoms with Crippen molar-refractivity contribution in [2.24, 2.45) is 0 Å². The van der Waals surface area contributed by atoms with E-state index in [-0.39, 0.29) is 18.6 Å². The number of ketones is 1. The zero-order valence-electron chi connectivity index (χ0n) is 18.4. The van der Waals surface area contributed by atoms with Gasteiger partial charge >= 0.3 is 0 Å². The Morgan fingerprint density at radius 3 is 2.62 bits per heavy atom. The van der Waals surface area contributed by atoms with Gasteiger partial charge in [-0.15, -0.1) is 0 Å². The molecule has 4 heteroatoms. The third-order valence-electron chi connectivity index (χ3n) is 7.10. The Kier molecular flexibility index (Phi) is 4.35. The number of nitrogens with zero attached hydrogens (tertiary/aromatic N) is 1. The summed E-state index contributed by atoms with van der Waals surface area (Å²) in [6.07, 6.45) is 3.66. The van der Waals surface area contributed by atoms with Crippen LogP contribution in [0.25, 0.3) is 11.8 Å². The fourth-order valence-corrected chi connectivity index (χ4v) is 5.29. The smallest absolute Gasteiger partial charge is 0.231 e. The predicted molar refractivity (Wildman–Crippen MR) is 125 cm³/mol. The molecule has 0 aliphatic carbocycles. The molecule has 0 saturated carbocycles. The van der Waals surface area contributed by atoms with E-state index in [0.717, 1.165) is 30.0 Å². The molecular weight excluding hydrogens is 398 g/mol. The lowest BCUT2D eigenvalue weighted by Crippen LogP contribution is -2.37. The molecular formula is C28H25NO3. The Morgan fingerprint density at radius 2 is 1.81 bits per heavy atom. The summed E-state index contributed by atoms with van der Waals surface area (Å²) in [5, 5.41) is 0. The molecule has 0 N–H and O–H groups in total. The SMILES string of the molecule is Cc1ccc2c(c1C)C(CC(=O)c1ccccc1)N1CCc3cc4c(cc3C1=C2)OCO4. The van der Waals surface area contributed by atoms with Crippen molar-refractivity contribution in [2.45, 2.75) is 32.7 Å². The number of aryl methyl sites for hydroxylation is 1. The molecule has 0 spiro atoms. The Morgan fingerprint density at radius 1 is 1.03 bits per heavy atom. The predicted octanol–water partition coefficient (Wildman–Crippen LogP) is 5.72. The van der Waals surface area contributed by atoms with Gasteiger partial charge in [0, 0.05) is 29.8 Å². The van der Waals surface area contributed by atoms with E-state index in [1.807, 2.05) is 30.3 Å². The van der Waals surface area contributed by atoms with Crippen LogP contribution in [0.4, 0.5) is 0 Å². The molecule has 0 amide bonds. The summed E-state index contributed by atoms with van der Waals surface area (Å²) in [7, 11) is 0. The Bertz CT molecular complexity index is 1280. The summed E-state index contributed by atoms with van der Waals surface area (Å²) >= 11 is 0. The van der Waals surface area contributed by atoms with Crippen molar-refractivity contribution < 1.29 is 14.3 Å². The molecule has 6 rings (SSSR count). The average molecular weight is 424 g/mol. The van der Waals surface area contributed by atoms with Crippen molar-refractivity contribution in [3.05, 3.63) is 93.5 Å². The van der Waals surface area contributed by atoms with Crippen LogP contribution in [0.2, 0.25) is 0 Å². The minimum atomic E-state index is 0.0104. The van der Waals surface area contributed by atoms with Gasteiger partial charge in [0.2, 0.25) is 6.79 Å². The molecule has 0 saturated heterocycles. The van der Waals surface area contributed by atoms with Gasteiger partial charge in [0.25, 0.3) is 0 Å². The summed E-state index contributed by atoms with van der Waals surface area (Å²) < 4.78 is 11.3. The van der Waals surface area contributed by atoms with E-state index in [0.29, 0.717) is 6.42 Å². The van der Waals surface area contributed by atoms with E-state index in [2.05, 4.69) is 49.1 Å². The molecule has 0 radical (unpaired) electrons. The molecule has 1 atom stereocenters. The van der Waals surface area contributed by atoms with Crippen LogP contribution < -0.4 is 9.47 Å². The molecule has 1 unspecified atom stereocenters. The quantitative estimate of drug-likeness (QED) is 0.506. The van der Waals surface area contributed by atoms with Crippen molar-refractivity contribution in [2.75, 3.05) is 13.3 Å². The highest BCUT2D eigenvalue weighted by Crippen LogP contribution is 2.48. The van der Waals surface area contributed by atoms with E-state index in [4.69, 9.17) is 9.47 Å². The van der Waals surface area contributed by atoms with E-state index in [1.54, 1.807) is 0 Å². The van der Waals surface area contributed by atoms with Gasteiger partial charge in [0.15, 0.2) is 17.3 Å². The first-order valence-electron chi connectivity index (χ1n) is 11.2. The third kappa shape index (κ3) is 2.94. The first-order chi connectivity index (χ1) is 15.6. The lowest BCUT2D eigenvalue weighted by molar-refractivity contribution is 0.0944. The largest absolute Gasteiger partial charge is 0.454 e. The van der Waals surface area contributed by atoms with Crippen LogP contribution in [-0.2, 0) is 6.42 Å². The molecule has 3 aromatic rings. The monoisotopic (exact) mass is 423 g/mol. The second kappa shape index (κ2) is 7.27. The molecule has 3 aliphatic heterocycles. The summed E-state index contributed by atoms with van der Waals surface area (Å²) in [6.45, 7) is 5.48. The number of benzene rings is 3. The highest BCUT2D eigenvalue weighted by molar-refractivity contribution is 5.97. The fraction of sp³-hybridized carbons (Fsp3) is 0.250. The maximum absolute atomic E-state index is 13.3. The van der Waals surface area contributed by atoms with Gasteiger partial charge in [-0.25, -0.2) is 0 Å². The van der Waals surface area contributed by atoms with Crippen LogP contribution in [0.5, 0.6) is 11.5 Å². The normalized spacial score (nSPS) is 17.9. The number of carbonyl (C=O) groups is 1. The van der Waals surface area contributed by atoms with Gasteiger partial charge in [-0.05, 0) is 66.3 Å². The van der Waals surface area contributed by atoms with Gasteiger partial charge in [-0.1, -0.05) is 42.5 Å². The number of hydrogen-bond donors (Lipinski definition) is 0. The van der Waals surface area contributed by atoms with Crippen molar-refractivity contribution in [3.63, 3.8) is 0 Å². The second-order valence-electron chi connectivity index (χ2n) is 8.86. The van der Waals surface area contributed by atoms with E-state index >= 15 is 0 Å². The maximum Gasteiger partial charge on any atom is 0.231 e. The number of carbonyl (C=O) groups excluding carboxylic acids is 1. The number of rotatable bonds is 3. The van der Waals surface area contributed by atoms with Crippen LogP contribution in [0.15, 0.2) is 54.6 Å². The average Bonchev–Trinajstić information content (AvgIpc) is 3.28. The van der Waals surface area contributed by atoms with Crippen LogP contribution in [0, 0.1) is 13.8 Å². The number of Topliss-reactive ketones (excluding diaryl/α,β-unsaturated/α-hetero) is 1. The van der Waals surface area contributed by atoms with Crippen LogP contribution in [-0.4, -0.2) is 24.0 Å². The topological polar surface area (TPSA) is 38.8 Å². The molecule has 160 valence electrons. The van der Waals surface area contributed by atoms with Gasteiger partial charge in [-0.2, -0.15) is 0 Å². The number of ether oxygens (including phenoxy) is 2. The molecule has 32 heavy (non-hydrogen) atoms. The van der Waals surface area contributed by atoms with E-state index in [1.165, 1.54) is 39.1 Å². The molecule has 0 fully saturated rings. The summed E-state index contributed by atoms with van der Waals surface area (Å²) in [5.41, 5.74) is 9.43. The Balaban J connectivity index is 1.48. The van der Waals surface area contributed by atoms with Crippen molar-refractivity contribution >= 4 is 17.6 Å². The first-order valence-corrected chi connectivity index (χ1v) is 11.2. The summed E-state index contributed by atoms with van der Waals surface area (Å²) in [5.74, 6) is 1.81. The highest BCUT2D eigenvalue weighted by Gasteiger charge is 2.36. The lowest BCUT2D eigenvalue weighted by atomic mass is 9.81. The molecule has 0 bridgehead atoms. The van der Waals surface area contributed by atoms with E-state index in [9.17, 15) is 4.79 Å². The van der Waals surface area contributed by atoms with Crippen LogP contribution >= 0.6 is 0 Å². The number of hydrogen-bond acceptors (Lipinski definition) is 4. The molecule has 3 aliphatic rings. The Hall–Kier alpha value is -3.53. The fourth-order valence-electron chi connectivity index (χ4n) is 5.29. The van der Waals surface area contributed by atoms with Crippen LogP contribution in [0.3, 0.4) is 0 Å². The third-order valence-corrected chi connectivity index (χ3v) is 7.10. The summed E-state index contributed by atoms with van der Waals surface area (Å²) in [6, 6.07) is 18.3. The standard InChI is InChI=1S/C28H25NO3/c1-17-8-9-21-12-23-22-14-27-26(31-16-32-27)13-20(22)10-11-29(23)24(28(21)18(17)2)15-25(30)19-6-4-3-5-7-19/h3-9,12-14,24H,10-11,15-16H2,1-2H3. The zero-order chi connectivity index (χ0) is 21.8. The molecule has 4 nitrogen and oxygen atoms in total.